The van der Waals surface area contributed by atoms with Gasteiger partial charge in [-0.05, 0) is 60.4 Å². The molecule has 4 heterocycles. The van der Waals surface area contributed by atoms with Crippen molar-refractivity contribution >= 4 is 43.6 Å². The van der Waals surface area contributed by atoms with Crippen LogP contribution < -0.4 is 0 Å². The molecule has 0 saturated heterocycles. The first kappa shape index (κ1) is 27.1. The summed E-state index contributed by atoms with van der Waals surface area (Å²) in [7, 11) is 0. The molecule has 0 bridgehead atoms. The van der Waals surface area contributed by atoms with Crippen molar-refractivity contribution < 1.29 is 0 Å². The van der Waals surface area contributed by atoms with Gasteiger partial charge in [-0.15, -0.1) is 0 Å². The summed E-state index contributed by atoms with van der Waals surface area (Å²) in [4.78, 5) is 19.5. The van der Waals surface area contributed by atoms with Crippen molar-refractivity contribution in [3.63, 3.8) is 0 Å². The molecule has 0 unspecified atom stereocenters. The molecule has 0 N–H and O–H groups in total. The zero-order valence-corrected chi connectivity index (χ0v) is 25.8. The van der Waals surface area contributed by atoms with Gasteiger partial charge in [-0.25, -0.2) is 9.97 Å². The molecule has 0 aliphatic rings. The predicted octanol–water partition coefficient (Wildman–Crippen LogP) is 10.2. The van der Waals surface area contributed by atoms with Crippen LogP contribution in [0.25, 0.3) is 66.1 Å². The maximum absolute atomic E-state index is 5.10. The fourth-order valence-electron chi connectivity index (χ4n) is 6.59. The van der Waals surface area contributed by atoms with E-state index in [-0.39, 0.29) is 5.41 Å². The molecule has 0 aliphatic heterocycles. The summed E-state index contributed by atoms with van der Waals surface area (Å²) in [6, 6.07) is 38.7. The van der Waals surface area contributed by atoms with Crippen LogP contribution in [0.4, 0.5) is 0 Å². The van der Waals surface area contributed by atoms with Gasteiger partial charge in [0.05, 0.1) is 33.5 Å². The van der Waals surface area contributed by atoms with Gasteiger partial charge in [0.1, 0.15) is 0 Å². The normalized spacial score (nSPS) is 12.0. The van der Waals surface area contributed by atoms with Crippen LogP contribution in [0.5, 0.6) is 0 Å². The average Bonchev–Trinajstić information content (AvgIpc) is 3.07. The second-order valence-corrected chi connectivity index (χ2v) is 12.5. The molecule has 8 rings (SSSR count). The van der Waals surface area contributed by atoms with Gasteiger partial charge in [-0.2, -0.15) is 0 Å². The molecule has 8 aromatic rings. The average molecular weight is 581 g/mol. The molecular weight excluding hydrogens is 548 g/mol. The van der Waals surface area contributed by atoms with Crippen LogP contribution in [0.3, 0.4) is 0 Å². The van der Waals surface area contributed by atoms with E-state index in [0.717, 1.165) is 66.1 Å². The van der Waals surface area contributed by atoms with Crippen molar-refractivity contribution in [1.29, 1.82) is 0 Å². The highest BCUT2D eigenvalue weighted by atomic mass is 14.8. The summed E-state index contributed by atoms with van der Waals surface area (Å²) < 4.78 is 0. The Labute approximate surface area is 262 Å². The number of nitrogens with zero attached hydrogens (tertiary/aromatic N) is 4. The van der Waals surface area contributed by atoms with Crippen LogP contribution in [0.15, 0.2) is 122 Å². The van der Waals surface area contributed by atoms with E-state index in [4.69, 9.17) is 9.97 Å². The van der Waals surface area contributed by atoms with E-state index in [2.05, 4.69) is 135 Å². The topological polar surface area (TPSA) is 51.6 Å². The third-order valence-electron chi connectivity index (χ3n) is 9.31. The van der Waals surface area contributed by atoms with E-state index in [0.29, 0.717) is 0 Å². The number of hydrogen-bond acceptors (Lipinski definition) is 4. The van der Waals surface area contributed by atoms with E-state index >= 15 is 0 Å². The van der Waals surface area contributed by atoms with Crippen LogP contribution in [0.1, 0.15) is 36.1 Å². The Morgan fingerprint density at radius 1 is 0.444 bits per heavy atom. The van der Waals surface area contributed by atoms with E-state index in [1.165, 1.54) is 22.3 Å². The SMILES string of the molecule is Cc1cc(C(C)(C)c2ccc(-c3ccc4ccc5cccnc5c4n3)c(C)c2)ccc1-c1ccc2ccc3cccnc3c2n1. The summed E-state index contributed by atoms with van der Waals surface area (Å²) in [5.41, 5.74) is 12.7. The number of aromatic nitrogens is 4. The Kier molecular flexibility index (Phi) is 6.21. The summed E-state index contributed by atoms with van der Waals surface area (Å²) in [5, 5.41) is 4.41. The molecule has 0 aliphatic carbocycles. The highest BCUT2D eigenvalue weighted by molar-refractivity contribution is 6.04. The molecule has 4 nitrogen and oxygen atoms in total. The van der Waals surface area contributed by atoms with Crippen LogP contribution in [0.2, 0.25) is 0 Å². The minimum Gasteiger partial charge on any atom is -0.254 e. The largest absolute Gasteiger partial charge is 0.254 e. The van der Waals surface area contributed by atoms with Crippen molar-refractivity contribution in [2.45, 2.75) is 33.1 Å². The zero-order valence-electron chi connectivity index (χ0n) is 25.8. The van der Waals surface area contributed by atoms with Gasteiger partial charge in [0.25, 0.3) is 0 Å². The van der Waals surface area contributed by atoms with Gasteiger partial charge >= 0.3 is 0 Å². The van der Waals surface area contributed by atoms with Gasteiger partial charge < -0.3 is 0 Å². The first-order valence-corrected chi connectivity index (χ1v) is 15.4. The fraction of sp³-hybridized carbons (Fsp3) is 0.122. The zero-order chi connectivity index (χ0) is 30.7. The highest BCUT2D eigenvalue weighted by Gasteiger charge is 2.25. The lowest BCUT2D eigenvalue weighted by Gasteiger charge is -2.28. The molecule has 0 saturated carbocycles. The van der Waals surface area contributed by atoms with Gasteiger partial charge in [-0.1, -0.05) is 98.8 Å². The molecule has 0 atom stereocenters. The molecule has 0 amide bonds. The molecule has 0 spiro atoms. The first-order valence-electron chi connectivity index (χ1n) is 15.4. The van der Waals surface area contributed by atoms with Gasteiger partial charge in [0.2, 0.25) is 0 Å². The summed E-state index contributed by atoms with van der Waals surface area (Å²) in [6.07, 6.45) is 3.67. The van der Waals surface area contributed by atoms with Gasteiger partial charge in [0, 0.05) is 50.5 Å². The maximum atomic E-state index is 5.10. The van der Waals surface area contributed by atoms with Crippen molar-refractivity contribution in [1.82, 2.24) is 19.9 Å². The quantitative estimate of drug-likeness (QED) is 0.194. The molecule has 4 heteroatoms. The van der Waals surface area contributed by atoms with Gasteiger partial charge in [0.15, 0.2) is 0 Å². The Balaban J connectivity index is 1.14. The number of rotatable bonds is 4. The van der Waals surface area contributed by atoms with Crippen LogP contribution in [0, 0.1) is 13.8 Å². The van der Waals surface area contributed by atoms with Crippen molar-refractivity contribution in [3.8, 4) is 22.5 Å². The lowest BCUT2D eigenvalue weighted by atomic mass is 9.76. The van der Waals surface area contributed by atoms with E-state index in [9.17, 15) is 0 Å². The third kappa shape index (κ3) is 4.53. The van der Waals surface area contributed by atoms with E-state index in [1.807, 2.05) is 24.5 Å². The first-order chi connectivity index (χ1) is 21.9. The Bertz CT molecular complexity index is 2270. The smallest absolute Gasteiger partial charge is 0.0972 e. The predicted molar refractivity (Wildman–Crippen MR) is 187 cm³/mol. The third-order valence-corrected chi connectivity index (χ3v) is 9.31. The number of benzene rings is 4. The number of hydrogen-bond donors (Lipinski definition) is 0. The molecule has 45 heavy (non-hydrogen) atoms. The number of aryl methyl sites for hydroxylation is 2. The molecule has 4 aromatic heterocycles. The monoisotopic (exact) mass is 580 g/mol. The Morgan fingerprint density at radius 3 is 1.27 bits per heavy atom. The van der Waals surface area contributed by atoms with Crippen molar-refractivity contribution in [2.75, 3.05) is 0 Å². The van der Waals surface area contributed by atoms with Crippen molar-refractivity contribution in [2.24, 2.45) is 0 Å². The second kappa shape index (κ2) is 10.3. The molecule has 216 valence electrons. The van der Waals surface area contributed by atoms with E-state index in [1.54, 1.807) is 0 Å². The minimum absolute atomic E-state index is 0.194. The number of pyridine rings is 4. The minimum atomic E-state index is -0.194. The molecular formula is C41H32N4. The lowest BCUT2D eigenvalue weighted by Crippen LogP contribution is -2.19. The van der Waals surface area contributed by atoms with Crippen LogP contribution in [-0.4, -0.2) is 19.9 Å². The van der Waals surface area contributed by atoms with Crippen LogP contribution in [-0.2, 0) is 5.41 Å². The summed E-state index contributed by atoms with van der Waals surface area (Å²) in [5.74, 6) is 0. The molecule has 0 radical (unpaired) electrons. The van der Waals surface area contributed by atoms with Gasteiger partial charge in [-0.3, -0.25) is 9.97 Å². The standard InChI is InChI=1S/C41H32N4/c1-25-23-31(15-17-33(25)35-19-13-29-11-9-27-7-5-21-42-37(27)39(29)44-35)41(3,4)32-16-18-34(26(2)24-32)36-20-14-30-12-10-28-8-6-22-43-38(28)40(30)45-36/h5-24H,1-4H3. The summed E-state index contributed by atoms with van der Waals surface area (Å²) >= 11 is 0. The van der Waals surface area contributed by atoms with Crippen LogP contribution >= 0.6 is 0 Å². The lowest BCUT2D eigenvalue weighted by molar-refractivity contribution is 0.640. The second-order valence-electron chi connectivity index (χ2n) is 12.5. The molecule has 0 fully saturated rings. The molecule has 4 aromatic carbocycles. The number of fused-ring (bicyclic) bond motifs is 6. The van der Waals surface area contributed by atoms with E-state index < -0.39 is 0 Å². The summed E-state index contributed by atoms with van der Waals surface area (Å²) in [6.45, 7) is 8.96. The fourth-order valence-corrected chi connectivity index (χ4v) is 6.59. The van der Waals surface area contributed by atoms with Crippen molar-refractivity contribution in [3.05, 3.63) is 144 Å². The highest BCUT2D eigenvalue weighted by Crippen LogP contribution is 2.37. The Morgan fingerprint density at radius 2 is 0.844 bits per heavy atom. The Hall–Kier alpha value is -5.48. The maximum Gasteiger partial charge on any atom is 0.0972 e.